The summed E-state index contributed by atoms with van der Waals surface area (Å²) >= 11 is 0. The molecule has 23 heavy (non-hydrogen) atoms. The van der Waals surface area contributed by atoms with Crippen LogP contribution in [0, 0.1) is 59.2 Å². The van der Waals surface area contributed by atoms with Crippen molar-refractivity contribution in [1.29, 1.82) is 0 Å². The third-order valence-electron chi connectivity index (χ3n) is 8.81. The Morgan fingerprint density at radius 1 is 1.09 bits per heavy atom. The fourth-order valence-electron chi connectivity index (χ4n) is 8.18. The maximum absolute atomic E-state index is 6.13. The number of rotatable bonds is 2. The molecule has 0 N–H and O–H groups in total. The SMILES string of the molecule is C#CC1C(PC)C(CC)C2C3CCC4CCCCC4C3CC12C. The van der Waals surface area contributed by atoms with Gasteiger partial charge in [-0.2, -0.15) is 0 Å². The average Bonchev–Trinajstić information content (AvgIpc) is 3.00. The van der Waals surface area contributed by atoms with Crippen LogP contribution in [-0.4, -0.2) is 12.3 Å². The van der Waals surface area contributed by atoms with Crippen molar-refractivity contribution in [3.63, 3.8) is 0 Å². The second kappa shape index (κ2) is 6.06. The molecule has 0 bridgehead atoms. The predicted octanol–water partition coefficient (Wildman–Crippen LogP) is 5.81. The molecule has 0 amide bonds. The van der Waals surface area contributed by atoms with Gasteiger partial charge >= 0.3 is 0 Å². The minimum Gasteiger partial charge on any atom is -0.121 e. The monoisotopic (exact) mass is 330 g/mol. The van der Waals surface area contributed by atoms with Crippen LogP contribution in [0.15, 0.2) is 0 Å². The smallest absolute Gasteiger partial charge is 0.0324 e. The van der Waals surface area contributed by atoms with E-state index in [1.807, 2.05) is 0 Å². The molecule has 4 aliphatic rings. The summed E-state index contributed by atoms with van der Waals surface area (Å²) in [5.74, 6) is 9.92. The third kappa shape index (κ3) is 2.21. The van der Waals surface area contributed by atoms with Crippen LogP contribution in [0.2, 0.25) is 0 Å². The molecule has 1 heteroatoms. The minimum absolute atomic E-state index is 0.463. The quantitative estimate of drug-likeness (QED) is 0.442. The standard InChI is InChI=1S/C22H35P/c1-5-15-20-17-12-11-14-9-7-8-10-16(14)18(17)13-22(20,3)19(6-2)21(15)23-4/h2,14-21,23H,5,7-13H2,1,3-4H3. The highest BCUT2D eigenvalue weighted by Crippen LogP contribution is 2.71. The van der Waals surface area contributed by atoms with Crippen LogP contribution in [0.25, 0.3) is 0 Å². The molecule has 10 atom stereocenters. The van der Waals surface area contributed by atoms with Crippen LogP contribution in [-0.2, 0) is 0 Å². The highest BCUT2D eigenvalue weighted by atomic mass is 31.1. The van der Waals surface area contributed by atoms with E-state index in [4.69, 9.17) is 6.42 Å². The van der Waals surface area contributed by atoms with E-state index in [1.54, 1.807) is 0 Å². The van der Waals surface area contributed by atoms with Gasteiger partial charge in [0.25, 0.3) is 0 Å². The molecule has 0 aliphatic heterocycles. The maximum Gasteiger partial charge on any atom is 0.0324 e. The van der Waals surface area contributed by atoms with E-state index in [9.17, 15) is 0 Å². The van der Waals surface area contributed by atoms with Crippen LogP contribution < -0.4 is 0 Å². The van der Waals surface area contributed by atoms with Crippen LogP contribution in [0.3, 0.4) is 0 Å². The second-order valence-corrected chi connectivity index (χ2v) is 10.6. The van der Waals surface area contributed by atoms with Gasteiger partial charge in [-0.1, -0.05) is 39.5 Å². The van der Waals surface area contributed by atoms with Gasteiger partial charge in [-0.3, -0.25) is 0 Å². The van der Waals surface area contributed by atoms with Crippen LogP contribution in [0.4, 0.5) is 0 Å². The Balaban J connectivity index is 1.69. The molecule has 0 spiro atoms. The molecule has 0 aromatic heterocycles. The highest BCUT2D eigenvalue weighted by Gasteiger charge is 2.65. The van der Waals surface area contributed by atoms with Gasteiger partial charge < -0.3 is 0 Å². The third-order valence-corrected chi connectivity index (χ3v) is 10.2. The van der Waals surface area contributed by atoms with Gasteiger partial charge in [-0.05, 0) is 78.9 Å². The first-order chi connectivity index (χ1) is 11.2. The molecule has 4 fully saturated rings. The molecule has 128 valence electrons. The van der Waals surface area contributed by atoms with Crippen molar-refractivity contribution in [2.75, 3.05) is 6.66 Å². The molecule has 0 aromatic carbocycles. The van der Waals surface area contributed by atoms with Gasteiger partial charge in [0.2, 0.25) is 0 Å². The van der Waals surface area contributed by atoms with Crippen molar-refractivity contribution < 1.29 is 0 Å². The van der Waals surface area contributed by atoms with Crippen molar-refractivity contribution in [1.82, 2.24) is 0 Å². The van der Waals surface area contributed by atoms with E-state index in [1.165, 1.54) is 51.4 Å². The summed E-state index contributed by atoms with van der Waals surface area (Å²) in [6.45, 7) is 7.47. The zero-order valence-electron chi connectivity index (χ0n) is 15.4. The lowest BCUT2D eigenvalue weighted by Crippen LogP contribution is -2.37. The molecular formula is C22H35P. The molecular weight excluding hydrogens is 295 g/mol. The predicted molar refractivity (Wildman–Crippen MR) is 102 cm³/mol. The van der Waals surface area contributed by atoms with Crippen LogP contribution >= 0.6 is 8.58 Å². The summed E-state index contributed by atoms with van der Waals surface area (Å²) in [7, 11) is 1.04. The Bertz CT molecular complexity index is 491. The summed E-state index contributed by atoms with van der Waals surface area (Å²) in [6, 6.07) is 0. The number of fused-ring (bicyclic) bond motifs is 5. The van der Waals surface area contributed by atoms with E-state index in [0.29, 0.717) is 11.3 Å². The lowest BCUT2D eigenvalue weighted by molar-refractivity contribution is 0.0486. The number of hydrogen-bond acceptors (Lipinski definition) is 0. The van der Waals surface area contributed by atoms with E-state index < -0.39 is 0 Å². The second-order valence-electron chi connectivity index (χ2n) is 9.38. The Kier molecular flexibility index (Phi) is 4.34. The van der Waals surface area contributed by atoms with Crippen molar-refractivity contribution in [3.8, 4) is 12.3 Å². The first-order valence-corrected chi connectivity index (χ1v) is 11.9. The molecule has 4 saturated carbocycles. The lowest BCUT2D eigenvalue weighted by atomic mass is 9.60. The summed E-state index contributed by atoms with van der Waals surface area (Å²) in [6.07, 6.45) is 18.1. The fourth-order valence-corrected chi connectivity index (χ4v) is 9.86. The van der Waals surface area contributed by atoms with Crippen molar-refractivity contribution >= 4 is 8.58 Å². The van der Waals surface area contributed by atoms with Gasteiger partial charge in [-0.15, -0.1) is 20.9 Å². The average molecular weight is 330 g/mol. The molecule has 0 nitrogen and oxygen atoms in total. The van der Waals surface area contributed by atoms with Gasteiger partial charge in [0, 0.05) is 5.92 Å². The van der Waals surface area contributed by atoms with Gasteiger partial charge in [0.1, 0.15) is 0 Å². The Morgan fingerprint density at radius 3 is 2.57 bits per heavy atom. The number of hydrogen-bond donors (Lipinski definition) is 0. The van der Waals surface area contributed by atoms with Crippen LogP contribution in [0.5, 0.6) is 0 Å². The van der Waals surface area contributed by atoms with Crippen molar-refractivity contribution in [2.45, 2.75) is 70.9 Å². The normalized spacial score (nSPS) is 55.4. The Morgan fingerprint density at radius 2 is 1.87 bits per heavy atom. The lowest BCUT2D eigenvalue weighted by Gasteiger charge is -2.45. The molecule has 4 aliphatic carbocycles. The van der Waals surface area contributed by atoms with E-state index in [0.717, 1.165) is 49.7 Å². The number of terminal acetylenes is 1. The first-order valence-electron chi connectivity index (χ1n) is 10.3. The van der Waals surface area contributed by atoms with E-state index in [-0.39, 0.29) is 0 Å². The topological polar surface area (TPSA) is 0 Å². The van der Waals surface area contributed by atoms with Crippen molar-refractivity contribution in [2.24, 2.45) is 46.8 Å². The summed E-state index contributed by atoms with van der Waals surface area (Å²) in [5.41, 5.74) is 1.29. The molecule has 0 aromatic rings. The summed E-state index contributed by atoms with van der Waals surface area (Å²) in [5, 5.41) is 0. The molecule has 10 unspecified atom stereocenters. The fraction of sp³-hybridized carbons (Fsp3) is 0.909. The zero-order valence-corrected chi connectivity index (χ0v) is 16.4. The molecule has 0 saturated heterocycles. The summed E-state index contributed by atoms with van der Waals surface area (Å²) in [4.78, 5) is 0. The Hall–Kier alpha value is -0.0100. The van der Waals surface area contributed by atoms with Gasteiger partial charge in [-0.25, -0.2) is 0 Å². The maximum atomic E-state index is 6.13. The van der Waals surface area contributed by atoms with E-state index >= 15 is 0 Å². The molecule has 0 heterocycles. The Labute approximate surface area is 145 Å². The van der Waals surface area contributed by atoms with Crippen LogP contribution in [0.1, 0.15) is 65.2 Å². The highest BCUT2D eigenvalue weighted by molar-refractivity contribution is 7.38. The first kappa shape index (κ1) is 16.5. The van der Waals surface area contributed by atoms with Gasteiger partial charge in [0.15, 0.2) is 0 Å². The largest absolute Gasteiger partial charge is 0.121 e. The van der Waals surface area contributed by atoms with Crippen molar-refractivity contribution in [3.05, 3.63) is 0 Å². The minimum atomic E-state index is 0.463. The molecule has 0 radical (unpaired) electrons. The zero-order chi connectivity index (χ0) is 16.2. The van der Waals surface area contributed by atoms with Gasteiger partial charge in [0.05, 0.1) is 0 Å². The van der Waals surface area contributed by atoms with E-state index in [2.05, 4.69) is 26.4 Å². The molecule has 4 rings (SSSR count). The summed E-state index contributed by atoms with van der Waals surface area (Å²) < 4.78 is 0.